The molecule has 12 heavy (non-hydrogen) atoms. The van der Waals surface area contributed by atoms with Gasteiger partial charge < -0.3 is 5.21 Å². The van der Waals surface area contributed by atoms with Crippen LogP contribution in [0, 0.1) is 5.21 Å². The SMILES string of the molecule is [O-][n+]1cncc2cccc(S)c21. The van der Waals surface area contributed by atoms with Crippen molar-refractivity contribution in [3.8, 4) is 0 Å². The quantitative estimate of drug-likeness (QED) is 0.373. The van der Waals surface area contributed by atoms with Crippen LogP contribution in [0.15, 0.2) is 35.6 Å². The molecule has 0 radical (unpaired) electrons. The Morgan fingerprint density at radius 2 is 2.25 bits per heavy atom. The molecule has 0 unspecified atom stereocenters. The summed E-state index contributed by atoms with van der Waals surface area (Å²) in [7, 11) is 0. The van der Waals surface area contributed by atoms with Crippen molar-refractivity contribution >= 4 is 23.5 Å². The molecule has 1 heterocycles. The van der Waals surface area contributed by atoms with Gasteiger partial charge in [-0.3, -0.25) is 0 Å². The van der Waals surface area contributed by atoms with Gasteiger partial charge in [-0.1, -0.05) is 11.1 Å². The van der Waals surface area contributed by atoms with Gasteiger partial charge in [0.15, 0.2) is 11.7 Å². The zero-order valence-electron chi connectivity index (χ0n) is 6.14. The molecule has 0 spiro atoms. The Balaban J connectivity index is 2.96. The monoisotopic (exact) mass is 178 g/mol. The van der Waals surface area contributed by atoms with E-state index >= 15 is 0 Å². The number of hydrogen-bond acceptors (Lipinski definition) is 3. The van der Waals surface area contributed by atoms with Crippen molar-refractivity contribution in [3.63, 3.8) is 0 Å². The summed E-state index contributed by atoms with van der Waals surface area (Å²) in [5.74, 6) is 0. The number of hydrogen-bond donors (Lipinski definition) is 1. The van der Waals surface area contributed by atoms with Gasteiger partial charge >= 0.3 is 0 Å². The number of para-hydroxylation sites is 1. The molecule has 0 amide bonds. The third-order valence-electron chi connectivity index (χ3n) is 1.65. The van der Waals surface area contributed by atoms with E-state index in [9.17, 15) is 5.21 Å². The van der Waals surface area contributed by atoms with E-state index in [4.69, 9.17) is 0 Å². The highest BCUT2D eigenvalue weighted by molar-refractivity contribution is 7.80. The van der Waals surface area contributed by atoms with E-state index in [1.807, 2.05) is 12.1 Å². The smallest absolute Gasteiger partial charge is 0.289 e. The van der Waals surface area contributed by atoms with Crippen molar-refractivity contribution in [1.82, 2.24) is 4.98 Å². The average molecular weight is 178 g/mol. The van der Waals surface area contributed by atoms with E-state index in [-0.39, 0.29) is 0 Å². The fraction of sp³-hybridized carbons (Fsp3) is 0. The second-order valence-corrected chi connectivity index (χ2v) is 2.92. The predicted octanol–water partition coefficient (Wildman–Crippen LogP) is 1.16. The van der Waals surface area contributed by atoms with Gasteiger partial charge in [0.2, 0.25) is 0 Å². The second-order valence-electron chi connectivity index (χ2n) is 2.43. The van der Waals surface area contributed by atoms with Crippen molar-refractivity contribution in [2.24, 2.45) is 0 Å². The molecule has 2 rings (SSSR count). The van der Waals surface area contributed by atoms with Crippen molar-refractivity contribution in [2.45, 2.75) is 4.90 Å². The first-order chi connectivity index (χ1) is 5.79. The molecule has 0 aliphatic carbocycles. The van der Waals surface area contributed by atoms with Crippen molar-refractivity contribution in [1.29, 1.82) is 0 Å². The maximum Gasteiger partial charge on any atom is 0.289 e. The summed E-state index contributed by atoms with van der Waals surface area (Å²) >= 11 is 4.17. The Morgan fingerprint density at radius 3 is 3.00 bits per heavy atom. The summed E-state index contributed by atoms with van der Waals surface area (Å²) in [5.41, 5.74) is 0.566. The Kier molecular flexibility index (Phi) is 1.62. The lowest BCUT2D eigenvalue weighted by Gasteiger charge is -2.04. The van der Waals surface area contributed by atoms with Crippen LogP contribution in [0.4, 0.5) is 0 Å². The predicted molar refractivity (Wildman–Crippen MR) is 48.0 cm³/mol. The van der Waals surface area contributed by atoms with Crippen LogP contribution in [-0.2, 0) is 0 Å². The first-order valence-electron chi connectivity index (χ1n) is 3.44. The third-order valence-corrected chi connectivity index (χ3v) is 2.01. The van der Waals surface area contributed by atoms with Crippen LogP contribution in [-0.4, -0.2) is 4.98 Å². The summed E-state index contributed by atoms with van der Waals surface area (Å²) in [6.45, 7) is 0. The summed E-state index contributed by atoms with van der Waals surface area (Å²) in [6, 6.07) is 5.45. The Labute approximate surface area is 74.7 Å². The zero-order valence-corrected chi connectivity index (χ0v) is 7.03. The minimum Gasteiger partial charge on any atom is -0.710 e. The molecule has 2 aromatic rings. The fourth-order valence-electron chi connectivity index (χ4n) is 1.12. The number of benzene rings is 1. The highest BCUT2D eigenvalue weighted by Gasteiger charge is 2.03. The van der Waals surface area contributed by atoms with Gasteiger partial charge in [0.25, 0.3) is 6.33 Å². The number of rotatable bonds is 0. The van der Waals surface area contributed by atoms with Crippen molar-refractivity contribution in [2.75, 3.05) is 0 Å². The Bertz CT molecular complexity index is 394. The van der Waals surface area contributed by atoms with Gasteiger partial charge in [0.05, 0.1) is 10.3 Å². The van der Waals surface area contributed by atoms with E-state index in [2.05, 4.69) is 17.6 Å². The molecule has 60 valence electrons. The Hall–Kier alpha value is -1.29. The van der Waals surface area contributed by atoms with Gasteiger partial charge in [-0.2, -0.15) is 0 Å². The maximum atomic E-state index is 11.2. The molecular formula is C8H6N2OS. The van der Waals surface area contributed by atoms with Crippen LogP contribution in [0.3, 0.4) is 0 Å². The largest absolute Gasteiger partial charge is 0.710 e. The van der Waals surface area contributed by atoms with Gasteiger partial charge in [-0.05, 0) is 12.1 Å². The number of nitrogens with zero attached hydrogens (tertiary/aromatic N) is 2. The molecular weight excluding hydrogens is 172 g/mol. The molecule has 0 bridgehead atoms. The molecule has 3 nitrogen and oxygen atoms in total. The lowest BCUT2D eigenvalue weighted by atomic mass is 10.2. The van der Waals surface area contributed by atoms with E-state index in [1.165, 1.54) is 6.33 Å². The minimum absolute atomic E-state index is 0.566. The molecule has 0 saturated carbocycles. The topological polar surface area (TPSA) is 39.8 Å². The third kappa shape index (κ3) is 1.00. The van der Waals surface area contributed by atoms with Crippen LogP contribution in [0.1, 0.15) is 0 Å². The lowest BCUT2D eigenvalue weighted by Crippen LogP contribution is -2.27. The van der Waals surface area contributed by atoms with Crippen LogP contribution < -0.4 is 4.73 Å². The Morgan fingerprint density at radius 1 is 1.42 bits per heavy atom. The number of aromatic nitrogens is 2. The van der Waals surface area contributed by atoms with E-state index < -0.39 is 0 Å². The van der Waals surface area contributed by atoms with Gasteiger partial charge in [-0.25, -0.2) is 4.73 Å². The van der Waals surface area contributed by atoms with Crippen LogP contribution in [0.2, 0.25) is 0 Å². The summed E-state index contributed by atoms with van der Waals surface area (Å²) in [4.78, 5) is 4.44. The summed E-state index contributed by atoms with van der Waals surface area (Å²) < 4.78 is 0.720. The van der Waals surface area contributed by atoms with E-state index in [1.54, 1.807) is 12.3 Å². The summed E-state index contributed by atoms with van der Waals surface area (Å²) in [6.07, 6.45) is 2.87. The molecule has 1 aromatic heterocycles. The normalized spacial score (nSPS) is 10.4. The average Bonchev–Trinajstić information content (AvgIpc) is 2.04. The fourth-order valence-corrected chi connectivity index (χ4v) is 1.44. The van der Waals surface area contributed by atoms with E-state index in [0.29, 0.717) is 10.4 Å². The zero-order chi connectivity index (χ0) is 8.55. The highest BCUT2D eigenvalue weighted by atomic mass is 32.1. The minimum atomic E-state index is 0.566. The van der Waals surface area contributed by atoms with Gasteiger partial charge in [-0.15, -0.1) is 12.6 Å². The first kappa shape index (κ1) is 7.36. The standard InChI is InChI=1S/C8H6N2OS/c11-10-5-9-4-6-2-1-3-7(12)8(6)10/h1-5,12H. The molecule has 0 saturated heterocycles. The maximum absolute atomic E-state index is 11.2. The molecule has 4 heteroatoms. The van der Waals surface area contributed by atoms with Crippen molar-refractivity contribution < 1.29 is 4.73 Å². The number of fused-ring (bicyclic) bond motifs is 1. The van der Waals surface area contributed by atoms with Crippen molar-refractivity contribution in [3.05, 3.63) is 35.9 Å². The first-order valence-corrected chi connectivity index (χ1v) is 3.88. The van der Waals surface area contributed by atoms with Gasteiger partial charge in [0.1, 0.15) is 0 Å². The lowest BCUT2D eigenvalue weighted by molar-refractivity contribution is -0.581. The highest BCUT2D eigenvalue weighted by Crippen LogP contribution is 2.16. The van der Waals surface area contributed by atoms with Crippen LogP contribution >= 0.6 is 12.6 Å². The molecule has 0 aliphatic heterocycles. The molecule has 0 fully saturated rings. The van der Waals surface area contributed by atoms with E-state index in [0.717, 1.165) is 10.1 Å². The van der Waals surface area contributed by atoms with Crippen LogP contribution in [0.25, 0.3) is 10.9 Å². The molecule has 1 aromatic carbocycles. The molecule has 0 aliphatic rings. The van der Waals surface area contributed by atoms with Gasteiger partial charge in [0, 0.05) is 0 Å². The molecule has 0 N–H and O–H groups in total. The summed E-state index contributed by atoms with van der Waals surface area (Å²) in [5, 5.41) is 12.0. The number of thiol groups is 1. The molecule has 0 atom stereocenters. The second kappa shape index (κ2) is 2.64. The van der Waals surface area contributed by atoms with Crippen LogP contribution in [0.5, 0.6) is 0 Å².